The van der Waals surface area contributed by atoms with Crippen LogP contribution in [0.15, 0.2) is 130 Å². The Bertz CT molecular complexity index is 4090. The number of oxazole rings is 1. The van der Waals surface area contributed by atoms with Gasteiger partial charge in [0, 0.05) is 73.1 Å². The zero-order chi connectivity index (χ0) is 55.1. The third-order valence-electron chi connectivity index (χ3n) is 13.0. The molecule has 0 N–H and O–H groups in total. The zero-order valence-electron chi connectivity index (χ0n) is 48.0. The van der Waals surface area contributed by atoms with Gasteiger partial charge in [0.15, 0.2) is 5.58 Å². The normalized spacial score (nSPS) is 13.6. The zero-order valence-corrected chi connectivity index (χ0v) is 44.4. The minimum atomic E-state index is -2.87. The van der Waals surface area contributed by atoms with Crippen molar-refractivity contribution in [3.05, 3.63) is 173 Å². The van der Waals surface area contributed by atoms with Crippen molar-refractivity contribution in [3.8, 4) is 45.7 Å². The predicted octanol–water partition coefficient (Wildman–Crippen LogP) is 16.6. The van der Waals surface area contributed by atoms with Crippen molar-refractivity contribution in [2.75, 3.05) is 0 Å². The third kappa shape index (κ3) is 8.71. The Morgan fingerprint density at radius 3 is 2.08 bits per heavy atom. The van der Waals surface area contributed by atoms with Gasteiger partial charge in [-0.1, -0.05) is 142 Å². The van der Waals surface area contributed by atoms with Crippen LogP contribution in [0.1, 0.15) is 129 Å². The summed E-state index contributed by atoms with van der Waals surface area (Å²) in [5.74, 6) is 1.52. The van der Waals surface area contributed by atoms with Crippen LogP contribution in [0.25, 0.3) is 94.4 Å². The van der Waals surface area contributed by atoms with Crippen molar-refractivity contribution < 1.29 is 37.2 Å². The molecule has 8 nitrogen and oxygen atoms in total. The number of rotatable bonds is 6. The first-order valence-corrected chi connectivity index (χ1v) is 24.0. The van der Waals surface area contributed by atoms with E-state index in [1.807, 2.05) is 99.8 Å². The molecule has 7 aromatic carbocycles. The maximum Gasteiger partial charge on any atom is 0.200 e. The van der Waals surface area contributed by atoms with Crippen molar-refractivity contribution in [2.45, 2.75) is 106 Å². The summed E-state index contributed by atoms with van der Waals surface area (Å²) in [5, 5.41) is 12.8. The summed E-state index contributed by atoms with van der Waals surface area (Å²) in [6, 6.07) is 46.5. The van der Waals surface area contributed by atoms with Gasteiger partial charge in [0.25, 0.3) is 0 Å². The fraction of sp³-hybridized carbons (Fsp3) is 0.254. The fourth-order valence-electron chi connectivity index (χ4n) is 9.31. The summed E-state index contributed by atoms with van der Waals surface area (Å²) in [7, 11) is 0. The molecule has 0 spiro atoms. The van der Waals surface area contributed by atoms with Crippen molar-refractivity contribution >= 4 is 54.8 Å². The summed E-state index contributed by atoms with van der Waals surface area (Å²) in [5.41, 5.74) is 7.74. The van der Waals surface area contributed by atoms with E-state index in [9.17, 15) is 5.26 Å². The molecule has 4 aromatic heterocycles. The van der Waals surface area contributed by atoms with Gasteiger partial charge in [-0.3, -0.25) is 15.0 Å². The molecule has 0 saturated heterocycles. The Labute approximate surface area is 444 Å². The van der Waals surface area contributed by atoms with E-state index in [0.29, 0.717) is 16.9 Å². The van der Waals surface area contributed by atoms with Crippen molar-refractivity contribution in [3.63, 3.8) is 0 Å². The number of hydrogen-bond donors (Lipinski definition) is 0. The average molecular weight is 1130 g/mol. The Balaban J connectivity index is 0.000000373. The smallest absolute Gasteiger partial charge is 0.200 e. The van der Waals surface area contributed by atoms with Gasteiger partial charge in [-0.05, 0) is 76.0 Å². The maximum atomic E-state index is 10.6. The molecule has 0 aliphatic carbocycles. The van der Waals surface area contributed by atoms with Gasteiger partial charge in [-0.2, -0.15) is 5.26 Å². The predicted molar refractivity (Wildman–Crippen MR) is 289 cm³/mol. The molecule has 0 bridgehead atoms. The van der Waals surface area contributed by atoms with Crippen LogP contribution in [-0.2, 0) is 30.9 Å². The number of fused-ring (bicyclic) bond motifs is 8. The minimum Gasteiger partial charge on any atom is -0.500 e. The fourth-order valence-corrected chi connectivity index (χ4v) is 9.31. The van der Waals surface area contributed by atoms with Gasteiger partial charge < -0.3 is 13.4 Å². The van der Waals surface area contributed by atoms with Crippen LogP contribution in [-0.4, -0.2) is 24.5 Å². The number of furan rings is 1. The molecule has 0 amide bonds. The molecule has 0 unspecified atom stereocenters. The van der Waals surface area contributed by atoms with E-state index in [0.717, 1.165) is 61.3 Å². The van der Waals surface area contributed by atoms with E-state index in [4.69, 9.17) is 27.0 Å². The topological polar surface area (TPSA) is 107 Å². The Morgan fingerprint density at radius 2 is 1.43 bits per heavy atom. The monoisotopic (exact) mass is 1130 g/mol. The summed E-state index contributed by atoms with van der Waals surface area (Å²) in [6.07, 6.45) is 1.81. The van der Waals surface area contributed by atoms with Gasteiger partial charge in [0.2, 0.25) is 5.89 Å². The molecular weight excluding hydrogens is 1060 g/mol. The Kier molecular flexibility index (Phi) is 11.2. The second-order valence-electron chi connectivity index (χ2n) is 20.8. The molecule has 0 saturated carbocycles. The SMILES string of the molecule is CC(C)(C)c1ccnc(-c2[c-]cccc2)n1.[2H]C([2H])([2H])c1c(C#N)c2oc(C(C)(C)C)nc2c2c1oc1c(-c3nc4ccc5ccccc5c4n3-c3c(C(C)C)cc(-c4ccccc4)cc3C(C)C)[c-]cc(C([2H])([2H])[2H])c12.[Ir]. The molecule has 9 heteroatoms. The standard InChI is InChI=1S/C49H43N4O2.C14H15N2.Ir/c1-26(2)35-23-32(30-15-11-10-12-16-30)24-36(27(3)4)42(35)53-43-33-18-14-13-17-31(33)20-22-38(43)51-47(53)34-21-19-28(5)39-40-41-46(55-48(52-41)49(7,8)9)37(25-50)29(6)44(40)54-45(34)39;1-14(2,3)12-9-10-15-13(16-12)11-7-5-4-6-8-11;/h10-20,22-24,26-27H,1-9H3;4-7,9-10H,1-3H3;/q2*-1;/i5D3,6D3;;. The molecular formula is C63H58IrN6O2-2. The van der Waals surface area contributed by atoms with Gasteiger partial charge in [-0.15, -0.1) is 53.6 Å². The van der Waals surface area contributed by atoms with Crippen LogP contribution >= 0.6 is 0 Å². The van der Waals surface area contributed by atoms with Crippen molar-refractivity contribution in [2.24, 2.45) is 0 Å². The number of imidazole rings is 1. The number of aromatic nitrogens is 5. The van der Waals surface area contributed by atoms with Crippen LogP contribution in [0.5, 0.6) is 0 Å². The van der Waals surface area contributed by atoms with Crippen LogP contribution < -0.4 is 0 Å². The molecule has 11 aromatic rings. The molecule has 0 aliphatic rings. The molecule has 72 heavy (non-hydrogen) atoms. The minimum absolute atomic E-state index is 0. The first-order valence-electron chi connectivity index (χ1n) is 27.0. The van der Waals surface area contributed by atoms with Crippen molar-refractivity contribution in [1.82, 2.24) is 24.5 Å². The first-order chi connectivity index (χ1) is 36.4. The third-order valence-corrected chi connectivity index (χ3v) is 13.0. The van der Waals surface area contributed by atoms with Crippen molar-refractivity contribution in [1.29, 1.82) is 5.26 Å². The number of nitrogens with zero attached hydrogens (tertiary/aromatic N) is 6. The summed E-state index contributed by atoms with van der Waals surface area (Å²) < 4.78 is 67.5. The summed E-state index contributed by atoms with van der Waals surface area (Å²) in [4.78, 5) is 19.0. The molecule has 0 aliphatic heterocycles. The van der Waals surface area contributed by atoms with E-state index in [1.165, 1.54) is 6.07 Å². The molecule has 1 radical (unpaired) electrons. The molecule has 0 fully saturated rings. The van der Waals surface area contributed by atoms with Crippen LogP contribution in [0.3, 0.4) is 0 Å². The number of hydrogen-bond acceptors (Lipinski definition) is 7. The second kappa shape index (κ2) is 19.1. The Hall–Kier alpha value is -7.24. The average Bonchev–Trinajstić information content (AvgIpc) is 4.33. The van der Waals surface area contributed by atoms with Gasteiger partial charge in [-0.25, -0.2) is 4.98 Å². The summed E-state index contributed by atoms with van der Waals surface area (Å²) in [6.45, 7) is 15.2. The molecule has 4 heterocycles. The van der Waals surface area contributed by atoms with Gasteiger partial charge in [0.1, 0.15) is 22.7 Å². The van der Waals surface area contributed by atoms with Crippen LogP contribution in [0, 0.1) is 37.2 Å². The van der Waals surface area contributed by atoms with Crippen LogP contribution in [0.2, 0.25) is 0 Å². The van der Waals surface area contributed by atoms with E-state index in [2.05, 4.69) is 118 Å². The van der Waals surface area contributed by atoms with Gasteiger partial charge in [0.05, 0.1) is 28.3 Å². The Morgan fingerprint density at radius 1 is 0.708 bits per heavy atom. The molecule has 11 rings (SSSR count). The quantitative estimate of drug-likeness (QED) is 0.153. The van der Waals surface area contributed by atoms with Gasteiger partial charge >= 0.3 is 0 Å². The number of benzene rings is 7. The van der Waals surface area contributed by atoms with Crippen LogP contribution in [0.4, 0.5) is 0 Å². The largest absolute Gasteiger partial charge is 0.500 e. The maximum absolute atomic E-state index is 10.6. The number of aryl methyl sites for hydroxylation is 2. The summed E-state index contributed by atoms with van der Waals surface area (Å²) >= 11 is 0. The molecule has 0 atom stereocenters. The first kappa shape index (κ1) is 42.4. The van der Waals surface area contributed by atoms with E-state index in [1.54, 1.807) is 0 Å². The second-order valence-corrected chi connectivity index (χ2v) is 20.8. The van der Waals surface area contributed by atoms with E-state index in [-0.39, 0.29) is 93.0 Å². The molecule has 363 valence electrons. The van der Waals surface area contributed by atoms with E-state index < -0.39 is 19.1 Å². The van der Waals surface area contributed by atoms with E-state index >= 15 is 0 Å². The number of nitriles is 1.